The van der Waals surface area contributed by atoms with Crippen molar-refractivity contribution < 1.29 is 0 Å². The Morgan fingerprint density at radius 3 is 2.75 bits per heavy atom. The second-order valence-corrected chi connectivity index (χ2v) is 3.31. The normalized spacial score (nSPS) is 13.2. The molecule has 3 nitrogen and oxygen atoms in total. The van der Waals surface area contributed by atoms with E-state index in [2.05, 4.69) is 35.5 Å². The third kappa shape index (κ3) is 1.58. The Kier molecular flexibility index (Phi) is 3.03. The highest BCUT2D eigenvalue weighted by molar-refractivity contribution is 7.71. The molecule has 12 heavy (non-hydrogen) atoms. The molecule has 4 heteroatoms. The molecular formula is C8H15N3S. The molecular weight excluding hydrogens is 170 g/mol. The molecule has 0 aliphatic carbocycles. The summed E-state index contributed by atoms with van der Waals surface area (Å²) >= 11 is 5.13. The minimum absolute atomic E-state index is 0.450. The van der Waals surface area contributed by atoms with Crippen LogP contribution >= 0.6 is 12.2 Å². The molecule has 0 bridgehead atoms. The molecule has 1 rings (SSSR count). The average Bonchev–Trinajstić information content (AvgIpc) is 2.45. The highest BCUT2D eigenvalue weighted by atomic mass is 32.1. The van der Waals surface area contributed by atoms with E-state index in [1.807, 2.05) is 0 Å². The quantitative estimate of drug-likeness (QED) is 0.734. The molecule has 1 aromatic heterocycles. The van der Waals surface area contributed by atoms with Crippen LogP contribution in [0.15, 0.2) is 0 Å². The van der Waals surface area contributed by atoms with Gasteiger partial charge in [-0.3, -0.25) is 5.10 Å². The maximum Gasteiger partial charge on any atom is 0.195 e. The number of H-pyrrole nitrogens is 1. The van der Waals surface area contributed by atoms with Crippen molar-refractivity contribution in [3.63, 3.8) is 0 Å². The van der Waals surface area contributed by atoms with E-state index in [1.165, 1.54) is 0 Å². The van der Waals surface area contributed by atoms with Gasteiger partial charge in [-0.15, -0.1) is 0 Å². The lowest BCUT2D eigenvalue weighted by Gasteiger charge is -2.11. The maximum atomic E-state index is 5.13. The van der Waals surface area contributed by atoms with Gasteiger partial charge >= 0.3 is 0 Å². The first kappa shape index (κ1) is 9.45. The highest BCUT2D eigenvalue weighted by Crippen LogP contribution is 2.12. The number of rotatable bonds is 3. The summed E-state index contributed by atoms with van der Waals surface area (Å²) in [6, 6.07) is 0.450. The summed E-state index contributed by atoms with van der Waals surface area (Å²) in [5.41, 5.74) is 0. The minimum Gasteiger partial charge on any atom is -0.301 e. The number of nitrogens with one attached hydrogen (secondary N) is 1. The minimum atomic E-state index is 0.450. The van der Waals surface area contributed by atoms with E-state index in [-0.39, 0.29) is 0 Å². The summed E-state index contributed by atoms with van der Waals surface area (Å²) in [6.07, 6.45) is 2.01. The molecule has 68 valence electrons. The SMILES string of the molecule is CCc1n[nH]c(=S)n1C(C)CC. The number of nitrogens with zero attached hydrogens (tertiary/aromatic N) is 2. The van der Waals surface area contributed by atoms with Crippen LogP contribution in [0.25, 0.3) is 0 Å². The van der Waals surface area contributed by atoms with E-state index in [0.717, 1.165) is 23.4 Å². The van der Waals surface area contributed by atoms with Gasteiger partial charge in [-0.1, -0.05) is 13.8 Å². The first-order valence-electron chi connectivity index (χ1n) is 4.36. The molecule has 0 amide bonds. The Hall–Kier alpha value is -0.640. The first-order chi connectivity index (χ1) is 5.70. The zero-order valence-electron chi connectivity index (χ0n) is 7.79. The largest absolute Gasteiger partial charge is 0.301 e. The lowest BCUT2D eigenvalue weighted by Crippen LogP contribution is -2.07. The molecule has 0 aromatic carbocycles. The van der Waals surface area contributed by atoms with Crippen LogP contribution in [-0.2, 0) is 6.42 Å². The predicted molar refractivity (Wildman–Crippen MR) is 51.8 cm³/mol. The smallest absolute Gasteiger partial charge is 0.195 e. The van der Waals surface area contributed by atoms with Gasteiger partial charge in [0, 0.05) is 12.5 Å². The maximum absolute atomic E-state index is 5.13. The summed E-state index contributed by atoms with van der Waals surface area (Å²) in [6.45, 7) is 6.40. The summed E-state index contributed by atoms with van der Waals surface area (Å²) in [5.74, 6) is 1.05. The van der Waals surface area contributed by atoms with Crippen molar-refractivity contribution in [3.8, 4) is 0 Å². The lowest BCUT2D eigenvalue weighted by atomic mass is 10.2. The molecule has 1 atom stereocenters. The van der Waals surface area contributed by atoms with E-state index in [1.54, 1.807) is 0 Å². The molecule has 0 radical (unpaired) electrons. The van der Waals surface area contributed by atoms with E-state index in [0.29, 0.717) is 6.04 Å². The number of aryl methyl sites for hydroxylation is 1. The summed E-state index contributed by atoms with van der Waals surface area (Å²) in [4.78, 5) is 0. The van der Waals surface area contributed by atoms with Gasteiger partial charge in [0.15, 0.2) is 4.77 Å². The van der Waals surface area contributed by atoms with Gasteiger partial charge in [0.05, 0.1) is 0 Å². The molecule has 1 N–H and O–H groups in total. The molecule has 0 saturated heterocycles. The molecule has 1 unspecified atom stereocenters. The summed E-state index contributed by atoms with van der Waals surface area (Å²) in [7, 11) is 0. The van der Waals surface area contributed by atoms with E-state index in [9.17, 15) is 0 Å². The molecule has 1 heterocycles. The molecule has 0 aliphatic heterocycles. The van der Waals surface area contributed by atoms with E-state index < -0.39 is 0 Å². The fourth-order valence-electron chi connectivity index (χ4n) is 1.22. The van der Waals surface area contributed by atoms with Gasteiger partial charge in [0.25, 0.3) is 0 Å². The molecule has 1 aromatic rings. The van der Waals surface area contributed by atoms with E-state index >= 15 is 0 Å². The Morgan fingerprint density at radius 1 is 1.58 bits per heavy atom. The van der Waals surface area contributed by atoms with Crippen molar-refractivity contribution in [3.05, 3.63) is 10.6 Å². The highest BCUT2D eigenvalue weighted by Gasteiger charge is 2.08. The van der Waals surface area contributed by atoms with Crippen molar-refractivity contribution in [1.29, 1.82) is 0 Å². The van der Waals surface area contributed by atoms with Gasteiger partial charge in [-0.25, -0.2) is 0 Å². The van der Waals surface area contributed by atoms with Crippen LogP contribution < -0.4 is 0 Å². The van der Waals surface area contributed by atoms with Gasteiger partial charge in [-0.2, -0.15) is 5.10 Å². The Labute approximate surface area is 77.8 Å². The van der Waals surface area contributed by atoms with Crippen molar-refractivity contribution >= 4 is 12.2 Å². The average molecular weight is 185 g/mol. The van der Waals surface area contributed by atoms with Gasteiger partial charge < -0.3 is 4.57 Å². The molecule has 0 fully saturated rings. The van der Waals surface area contributed by atoms with Gasteiger partial charge in [0.1, 0.15) is 5.82 Å². The van der Waals surface area contributed by atoms with Gasteiger partial charge in [-0.05, 0) is 25.6 Å². The van der Waals surface area contributed by atoms with E-state index in [4.69, 9.17) is 12.2 Å². The Morgan fingerprint density at radius 2 is 2.25 bits per heavy atom. The third-order valence-electron chi connectivity index (χ3n) is 2.13. The topological polar surface area (TPSA) is 33.6 Å². The summed E-state index contributed by atoms with van der Waals surface area (Å²) < 4.78 is 2.83. The molecule has 0 spiro atoms. The second kappa shape index (κ2) is 3.85. The van der Waals surface area contributed by atoms with Crippen molar-refractivity contribution in [1.82, 2.24) is 14.8 Å². The zero-order valence-corrected chi connectivity index (χ0v) is 8.61. The fraction of sp³-hybridized carbons (Fsp3) is 0.750. The third-order valence-corrected chi connectivity index (χ3v) is 2.41. The van der Waals surface area contributed by atoms with Crippen LogP contribution in [0.3, 0.4) is 0 Å². The van der Waals surface area contributed by atoms with Crippen LogP contribution in [0.2, 0.25) is 0 Å². The van der Waals surface area contributed by atoms with Crippen LogP contribution in [0, 0.1) is 4.77 Å². The van der Waals surface area contributed by atoms with Crippen LogP contribution in [0.4, 0.5) is 0 Å². The number of hydrogen-bond donors (Lipinski definition) is 1. The lowest BCUT2D eigenvalue weighted by molar-refractivity contribution is 0.505. The van der Waals surface area contributed by atoms with Crippen LogP contribution in [-0.4, -0.2) is 14.8 Å². The molecule has 0 saturated carbocycles. The predicted octanol–water partition coefficient (Wildman–Crippen LogP) is 2.47. The standard InChI is InChI=1S/C8H15N3S/c1-4-6(3)11-7(5-2)9-10-8(11)12/h6H,4-5H2,1-3H3,(H,10,12). The number of aromatic amines is 1. The number of aromatic nitrogens is 3. The first-order valence-corrected chi connectivity index (χ1v) is 4.77. The monoisotopic (exact) mass is 185 g/mol. The van der Waals surface area contributed by atoms with Gasteiger partial charge in [0.2, 0.25) is 0 Å². The van der Waals surface area contributed by atoms with Crippen molar-refractivity contribution in [2.45, 2.75) is 39.7 Å². The molecule has 0 aliphatic rings. The fourth-order valence-corrected chi connectivity index (χ4v) is 1.55. The summed E-state index contributed by atoms with van der Waals surface area (Å²) in [5, 5.41) is 6.97. The van der Waals surface area contributed by atoms with Crippen LogP contribution in [0.1, 0.15) is 39.1 Å². The van der Waals surface area contributed by atoms with Crippen molar-refractivity contribution in [2.24, 2.45) is 0 Å². The zero-order chi connectivity index (χ0) is 9.14. The van der Waals surface area contributed by atoms with Crippen molar-refractivity contribution in [2.75, 3.05) is 0 Å². The Balaban J connectivity index is 3.10. The Bertz CT molecular complexity index is 299. The number of hydrogen-bond acceptors (Lipinski definition) is 2. The second-order valence-electron chi connectivity index (χ2n) is 2.93. The van der Waals surface area contributed by atoms with Crippen LogP contribution in [0.5, 0.6) is 0 Å².